The topological polar surface area (TPSA) is 39.2 Å². The zero-order chi connectivity index (χ0) is 10.8. The lowest BCUT2D eigenvalue weighted by molar-refractivity contribution is -0.140. The van der Waals surface area contributed by atoms with Crippen LogP contribution in [0.15, 0.2) is 23.4 Å². The molecule has 5 heteroatoms. The molecule has 1 aliphatic heterocycles. The van der Waals surface area contributed by atoms with Crippen LogP contribution in [0.1, 0.15) is 13.3 Å². The third kappa shape index (κ3) is 2.44. The number of aromatic nitrogens is 1. The molecule has 15 heavy (non-hydrogen) atoms. The summed E-state index contributed by atoms with van der Waals surface area (Å²) in [5.74, 6) is -0.172. The van der Waals surface area contributed by atoms with Crippen molar-refractivity contribution in [2.75, 3.05) is 0 Å². The Bertz CT molecular complexity index is 385. The van der Waals surface area contributed by atoms with Crippen molar-refractivity contribution >= 4 is 29.3 Å². The van der Waals surface area contributed by atoms with E-state index in [9.17, 15) is 4.79 Å². The number of carbonyl (C=O) groups is 1. The van der Waals surface area contributed by atoms with E-state index < -0.39 is 0 Å². The van der Waals surface area contributed by atoms with Gasteiger partial charge in [0, 0.05) is 12.6 Å². The normalized spacial score (nSPS) is 25.3. The van der Waals surface area contributed by atoms with Gasteiger partial charge in [-0.25, -0.2) is 4.98 Å². The van der Waals surface area contributed by atoms with E-state index in [1.807, 2.05) is 6.92 Å². The number of hydrogen-bond acceptors (Lipinski definition) is 4. The van der Waals surface area contributed by atoms with Gasteiger partial charge in [0.05, 0.1) is 5.02 Å². The molecule has 0 bridgehead atoms. The van der Waals surface area contributed by atoms with E-state index in [0.717, 1.165) is 6.42 Å². The van der Waals surface area contributed by atoms with Gasteiger partial charge in [0.25, 0.3) is 0 Å². The highest BCUT2D eigenvalue weighted by Crippen LogP contribution is 2.34. The molecule has 0 aromatic carbocycles. The molecule has 0 N–H and O–H groups in total. The second-order valence-corrected chi connectivity index (χ2v) is 4.98. The van der Waals surface area contributed by atoms with Crippen LogP contribution in [0.25, 0.3) is 0 Å². The number of nitrogens with zero attached hydrogens (tertiary/aromatic N) is 1. The quantitative estimate of drug-likeness (QED) is 0.749. The van der Waals surface area contributed by atoms with Crippen LogP contribution < -0.4 is 0 Å². The Hall–Kier alpha value is -0.740. The fourth-order valence-electron chi connectivity index (χ4n) is 1.41. The molecule has 2 rings (SSSR count). The van der Waals surface area contributed by atoms with Crippen molar-refractivity contribution in [3.8, 4) is 0 Å². The lowest BCUT2D eigenvalue weighted by atomic mass is 10.3. The van der Waals surface area contributed by atoms with Crippen molar-refractivity contribution in [2.45, 2.75) is 29.7 Å². The zero-order valence-electron chi connectivity index (χ0n) is 8.14. The fraction of sp³-hybridized carbons (Fsp3) is 0.400. The van der Waals surface area contributed by atoms with Crippen LogP contribution in [-0.2, 0) is 9.53 Å². The van der Waals surface area contributed by atoms with Gasteiger partial charge in [-0.15, -0.1) is 0 Å². The molecule has 2 atom stereocenters. The number of cyclic esters (lactones) is 1. The Morgan fingerprint density at radius 1 is 1.67 bits per heavy atom. The van der Waals surface area contributed by atoms with Gasteiger partial charge in [-0.3, -0.25) is 4.79 Å². The summed E-state index contributed by atoms with van der Waals surface area (Å²) in [5.41, 5.74) is 0. The second kappa shape index (κ2) is 4.41. The minimum absolute atomic E-state index is 0.00233. The van der Waals surface area contributed by atoms with Crippen LogP contribution in [0.2, 0.25) is 5.02 Å². The van der Waals surface area contributed by atoms with Gasteiger partial charge < -0.3 is 4.74 Å². The largest absolute Gasteiger partial charge is 0.462 e. The Morgan fingerprint density at radius 3 is 3.07 bits per heavy atom. The van der Waals surface area contributed by atoms with E-state index in [1.165, 1.54) is 11.8 Å². The van der Waals surface area contributed by atoms with E-state index in [2.05, 4.69) is 4.98 Å². The highest BCUT2D eigenvalue weighted by molar-refractivity contribution is 8.00. The molecular formula is C10H10ClNO2S. The fourth-order valence-corrected chi connectivity index (χ4v) is 2.75. The number of carbonyl (C=O) groups excluding carboxylic acids is 1. The lowest BCUT2D eigenvalue weighted by Crippen LogP contribution is -2.09. The summed E-state index contributed by atoms with van der Waals surface area (Å²) in [6, 6.07) is 3.53. The number of esters is 1. The first-order valence-electron chi connectivity index (χ1n) is 4.64. The molecule has 1 saturated heterocycles. The van der Waals surface area contributed by atoms with Crippen LogP contribution in [0.4, 0.5) is 0 Å². The SMILES string of the molecule is C[C@@H]1C[C@H](Sc2ncccc2Cl)C(=O)O1. The van der Waals surface area contributed by atoms with Gasteiger partial charge in [-0.05, 0) is 19.1 Å². The van der Waals surface area contributed by atoms with Gasteiger partial charge >= 0.3 is 5.97 Å². The molecule has 1 aromatic rings. The molecule has 1 aromatic heterocycles. The Morgan fingerprint density at radius 2 is 2.47 bits per heavy atom. The number of thioether (sulfide) groups is 1. The molecule has 1 fully saturated rings. The molecule has 1 aliphatic rings. The first kappa shape index (κ1) is 10.8. The van der Waals surface area contributed by atoms with Gasteiger partial charge in [0.1, 0.15) is 16.4 Å². The van der Waals surface area contributed by atoms with Crippen molar-refractivity contribution in [2.24, 2.45) is 0 Å². The second-order valence-electron chi connectivity index (χ2n) is 3.38. The van der Waals surface area contributed by atoms with Crippen LogP contribution in [0, 0.1) is 0 Å². The average Bonchev–Trinajstić information content (AvgIpc) is 2.49. The van der Waals surface area contributed by atoms with Crippen molar-refractivity contribution in [3.63, 3.8) is 0 Å². The molecule has 0 aliphatic carbocycles. The number of ether oxygens (including phenoxy) is 1. The van der Waals surface area contributed by atoms with E-state index >= 15 is 0 Å². The third-order valence-corrected chi connectivity index (χ3v) is 3.74. The number of hydrogen-bond donors (Lipinski definition) is 0. The number of rotatable bonds is 2. The third-order valence-electron chi connectivity index (χ3n) is 2.10. The molecule has 0 radical (unpaired) electrons. The minimum Gasteiger partial charge on any atom is -0.462 e. The van der Waals surface area contributed by atoms with Crippen molar-refractivity contribution in [1.29, 1.82) is 0 Å². The smallest absolute Gasteiger partial charge is 0.319 e. The summed E-state index contributed by atoms with van der Waals surface area (Å²) in [4.78, 5) is 15.5. The summed E-state index contributed by atoms with van der Waals surface area (Å²) in [5, 5.41) is 1.09. The van der Waals surface area contributed by atoms with Gasteiger partial charge in [0.2, 0.25) is 0 Å². The van der Waals surface area contributed by atoms with Crippen LogP contribution in [0.5, 0.6) is 0 Å². The molecule has 0 amide bonds. The van der Waals surface area contributed by atoms with Crippen LogP contribution in [0.3, 0.4) is 0 Å². The lowest BCUT2D eigenvalue weighted by Gasteiger charge is -2.05. The molecule has 0 spiro atoms. The Kier molecular flexibility index (Phi) is 3.17. The van der Waals surface area contributed by atoms with Crippen molar-refractivity contribution < 1.29 is 9.53 Å². The molecule has 2 heterocycles. The maximum absolute atomic E-state index is 11.4. The first-order valence-corrected chi connectivity index (χ1v) is 5.90. The molecule has 0 saturated carbocycles. The molecule has 3 nitrogen and oxygen atoms in total. The van der Waals surface area contributed by atoms with Crippen LogP contribution in [-0.4, -0.2) is 22.3 Å². The monoisotopic (exact) mass is 243 g/mol. The van der Waals surface area contributed by atoms with Crippen molar-refractivity contribution in [1.82, 2.24) is 4.98 Å². The predicted molar refractivity (Wildman–Crippen MR) is 59.1 cm³/mol. The Labute approximate surface area is 97.2 Å². The van der Waals surface area contributed by atoms with Gasteiger partial charge in [-0.1, -0.05) is 23.4 Å². The summed E-state index contributed by atoms with van der Waals surface area (Å²) >= 11 is 7.32. The average molecular weight is 244 g/mol. The molecule has 80 valence electrons. The standard InChI is InChI=1S/C10H10ClNO2S/c1-6-5-8(10(13)14-6)15-9-7(11)3-2-4-12-9/h2-4,6,8H,5H2,1H3/t6-,8+/m1/s1. The maximum atomic E-state index is 11.4. The molecular weight excluding hydrogens is 234 g/mol. The van der Waals surface area contributed by atoms with Crippen LogP contribution >= 0.6 is 23.4 Å². The van der Waals surface area contributed by atoms with E-state index in [4.69, 9.17) is 16.3 Å². The highest BCUT2D eigenvalue weighted by Gasteiger charge is 2.33. The van der Waals surface area contributed by atoms with Gasteiger partial charge in [0.15, 0.2) is 0 Å². The first-order chi connectivity index (χ1) is 7.16. The van der Waals surface area contributed by atoms with Crippen molar-refractivity contribution in [3.05, 3.63) is 23.4 Å². The predicted octanol–water partition coefficient (Wildman–Crippen LogP) is 2.53. The van der Waals surface area contributed by atoms with E-state index in [-0.39, 0.29) is 17.3 Å². The number of pyridine rings is 1. The minimum atomic E-state index is -0.174. The summed E-state index contributed by atoms with van der Waals surface area (Å²) in [6.07, 6.45) is 2.38. The summed E-state index contributed by atoms with van der Waals surface area (Å²) in [7, 11) is 0. The number of halogens is 1. The van der Waals surface area contributed by atoms with Gasteiger partial charge in [-0.2, -0.15) is 0 Å². The highest BCUT2D eigenvalue weighted by atomic mass is 35.5. The Balaban J connectivity index is 2.09. The zero-order valence-corrected chi connectivity index (χ0v) is 9.72. The molecule has 0 unspecified atom stereocenters. The summed E-state index contributed by atoms with van der Waals surface area (Å²) in [6.45, 7) is 1.89. The maximum Gasteiger partial charge on any atom is 0.319 e. The summed E-state index contributed by atoms with van der Waals surface area (Å²) < 4.78 is 5.06. The van der Waals surface area contributed by atoms with E-state index in [0.29, 0.717) is 10.0 Å². The van der Waals surface area contributed by atoms with E-state index in [1.54, 1.807) is 18.3 Å².